The van der Waals surface area contributed by atoms with Crippen molar-refractivity contribution in [1.29, 1.82) is 0 Å². The Morgan fingerprint density at radius 2 is 2.06 bits per heavy atom. The highest BCUT2D eigenvalue weighted by Gasteiger charge is 2.12. The molecule has 0 saturated carbocycles. The van der Waals surface area contributed by atoms with Crippen LogP contribution in [0.5, 0.6) is 0 Å². The molecule has 0 aliphatic rings. The van der Waals surface area contributed by atoms with Crippen LogP contribution in [0.3, 0.4) is 0 Å². The second kappa shape index (κ2) is 5.55. The van der Waals surface area contributed by atoms with Gasteiger partial charge in [0.2, 0.25) is 5.91 Å². The lowest BCUT2D eigenvalue weighted by molar-refractivity contribution is -0.117. The Balaban J connectivity index is 2.14. The van der Waals surface area contributed by atoms with Crippen molar-refractivity contribution < 1.29 is 4.79 Å². The second-order valence-electron chi connectivity index (χ2n) is 4.14. The van der Waals surface area contributed by atoms with Gasteiger partial charge in [0.05, 0.1) is 17.1 Å². The van der Waals surface area contributed by atoms with E-state index in [2.05, 4.69) is 15.3 Å². The molecule has 18 heavy (non-hydrogen) atoms. The first-order valence-corrected chi connectivity index (χ1v) is 5.98. The van der Waals surface area contributed by atoms with Gasteiger partial charge in [-0.1, -0.05) is 13.3 Å². The molecule has 1 heterocycles. The third-order valence-electron chi connectivity index (χ3n) is 2.67. The van der Waals surface area contributed by atoms with Gasteiger partial charge in [-0.3, -0.25) is 14.8 Å². The molecule has 94 valence electrons. The summed E-state index contributed by atoms with van der Waals surface area (Å²) in [5, 5.41) is 2.79. The number of hydrogen-bond donors (Lipinski definition) is 2. The summed E-state index contributed by atoms with van der Waals surface area (Å²) in [6.07, 6.45) is 4.82. The number of nitrogens with zero attached hydrogens (tertiary/aromatic N) is 2. The number of carbonyl (C=O) groups excluding carboxylic acids is 1. The van der Waals surface area contributed by atoms with Gasteiger partial charge in [-0.05, 0) is 24.6 Å². The van der Waals surface area contributed by atoms with Crippen molar-refractivity contribution in [2.45, 2.75) is 25.8 Å². The number of carbonyl (C=O) groups is 1. The van der Waals surface area contributed by atoms with E-state index in [1.807, 2.05) is 13.0 Å². The number of hydrogen-bond acceptors (Lipinski definition) is 4. The van der Waals surface area contributed by atoms with Crippen LogP contribution >= 0.6 is 0 Å². The number of benzene rings is 1. The molecule has 0 fully saturated rings. The minimum absolute atomic E-state index is 0.167. The van der Waals surface area contributed by atoms with Crippen LogP contribution in [0.15, 0.2) is 30.6 Å². The van der Waals surface area contributed by atoms with Gasteiger partial charge >= 0.3 is 0 Å². The number of rotatable bonds is 4. The van der Waals surface area contributed by atoms with Crippen LogP contribution < -0.4 is 11.1 Å². The van der Waals surface area contributed by atoms with Crippen molar-refractivity contribution in [3.05, 3.63) is 30.6 Å². The first kappa shape index (κ1) is 12.4. The maximum absolute atomic E-state index is 11.8. The summed E-state index contributed by atoms with van der Waals surface area (Å²) >= 11 is 0. The van der Waals surface area contributed by atoms with Gasteiger partial charge in [0.25, 0.3) is 0 Å². The molecule has 0 unspecified atom stereocenters. The molecule has 1 aromatic carbocycles. The number of anilines is 1. The molecule has 0 aliphatic carbocycles. The van der Waals surface area contributed by atoms with Crippen LogP contribution in [-0.2, 0) is 4.79 Å². The van der Waals surface area contributed by atoms with E-state index in [9.17, 15) is 4.79 Å². The van der Waals surface area contributed by atoms with Crippen molar-refractivity contribution in [2.24, 2.45) is 5.73 Å². The number of aromatic nitrogens is 2. The topological polar surface area (TPSA) is 80.9 Å². The molecule has 0 aliphatic heterocycles. The zero-order valence-electron chi connectivity index (χ0n) is 10.3. The van der Waals surface area contributed by atoms with Crippen LogP contribution in [0.25, 0.3) is 11.0 Å². The van der Waals surface area contributed by atoms with Gasteiger partial charge < -0.3 is 11.1 Å². The molecule has 2 aromatic rings. The highest BCUT2D eigenvalue weighted by atomic mass is 16.2. The van der Waals surface area contributed by atoms with Crippen molar-refractivity contribution in [1.82, 2.24) is 9.97 Å². The van der Waals surface area contributed by atoms with E-state index in [0.29, 0.717) is 12.1 Å². The summed E-state index contributed by atoms with van der Waals surface area (Å²) < 4.78 is 0. The fraction of sp³-hybridized carbons (Fsp3) is 0.308. The minimum atomic E-state index is -0.465. The van der Waals surface area contributed by atoms with Gasteiger partial charge in [-0.15, -0.1) is 0 Å². The van der Waals surface area contributed by atoms with Gasteiger partial charge in [0, 0.05) is 18.1 Å². The molecule has 5 heteroatoms. The molecule has 0 radical (unpaired) electrons. The summed E-state index contributed by atoms with van der Waals surface area (Å²) in [6, 6.07) is 4.95. The maximum atomic E-state index is 11.8. The third-order valence-corrected chi connectivity index (χ3v) is 2.67. The Bertz CT molecular complexity index is 555. The maximum Gasteiger partial charge on any atom is 0.241 e. The zero-order valence-corrected chi connectivity index (χ0v) is 10.3. The molecule has 1 amide bonds. The predicted molar refractivity (Wildman–Crippen MR) is 71.1 cm³/mol. The Kier molecular flexibility index (Phi) is 3.84. The van der Waals surface area contributed by atoms with Crippen LogP contribution in [0.4, 0.5) is 5.69 Å². The fourth-order valence-electron chi connectivity index (χ4n) is 1.72. The molecule has 2 rings (SSSR count). The average Bonchev–Trinajstić information content (AvgIpc) is 2.39. The molecular weight excluding hydrogens is 228 g/mol. The molecule has 0 spiro atoms. The first-order valence-electron chi connectivity index (χ1n) is 5.98. The van der Waals surface area contributed by atoms with Crippen molar-refractivity contribution >= 4 is 22.6 Å². The fourth-order valence-corrected chi connectivity index (χ4v) is 1.72. The quantitative estimate of drug-likeness (QED) is 0.857. The average molecular weight is 244 g/mol. The lowest BCUT2D eigenvalue weighted by atomic mass is 10.1. The Morgan fingerprint density at radius 1 is 1.33 bits per heavy atom. The zero-order chi connectivity index (χ0) is 13.0. The minimum Gasteiger partial charge on any atom is -0.325 e. The van der Waals surface area contributed by atoms with Gasteiger partial charge in [0.15, 0.2) is 0 Å². The van der Waals surface area contributed by atoms with E-state index in [1.54, 1.807) is 24.5 Å². The number of fused-ring (bicyclic) bond motifs is 1. The van der Waals surface area contributed by atoms with E-state index in [1.165, 1.54) is 0 Å². The van der Waals surface area contributed by atoms with E-state index >= 15 is 0 Å². The van der Waals surface area contributed by atoms with Crippen LogP contribution in [0.1, 0.15) is 19.8 Å². The van der Waals surface area contributed by atoms with E-state index in [-0.39, 0.29) is 5.91 Å². The Hall–Kier alpha value is -2.01. The van der Waals surface area contributed by atoms with Gasteiger partial charge in [-0.2, -0.15) is 0 Å². The predicted octanol–water partition coefficient (Wildman–Crippen LogP) is 1.70. The van der Waals surface area contributed by atoms with Crippen molar-refractivity contribution in [2.75, 3.05) is 5.32 Å². The number of nitrogens with two attached hydrogens (primary N) is 1. The van der Waals surface area contributed by atoms with Gasteiger partial charge in [-0.25, -0.2) is 0 Å². The lowest BCUT2D eigenvalue weighted by Crippen LogP contribution is -2.35. The highest BCUT2D eigenvalue weighted by molar-refractivity contribution is 5.96. The van der Waals surface area contributed by atoms with E-state index < -0.39 is 6.04 Å². The standard InChI is InChI=1S/C13H16N4O/c1-2-3-10(14)13(18)17-9-4-5-11-12(8-9)16-7-6-15-11/h4-8,10H,2-3,14H2,1H3,(H,17,18)/t10-/m1/s1. The molecule has 1 aromatic heterocycles. The largest absolute Gasteiger partial charge is 0.325 e. The molecule has 0 bridgehead atoms. The third kappa shape index (κ3) is 2.81. The summed E-state index contributed by atoms with van der Waals surface area (Å²) in [7, 11) is 0. The lowest BCUT2D eigenvalue weighted by Gasteiger charge is -2.11. The summed E-state index contributed by atoms with van der Waals surface area (Å²) in [5.74, 6) is -0.167. The van der Waals surface area contributed by atoms with E-state index in [0.717, 1.165) is 17.5 Å². The highest BCUT2D eigenvalue weighted by Crippen LogP contribution is 2.15. The summed E-state index contributed by atoms with van der Waals surface area (Å²) in [4.78, 5) is 20.1. The number of amides is 1. The SMILES string of the molecule is CCC[C@@H](N)C(=O)Nc1ccc2nccnc2c1. The molecule has 0 saturated heterocycles. The van der Waals surface area contributed by atoms with Gasteiger partial charge in [0.1, 0.15) is 0 Å². The monoisotopic (exact) mass is 244 g/mol. The van der Waals surface area contributed by atoms with Crippen LogP contribution in [0.2, 0.25) is 0 Å². The molecule has 3 N–H and O–H groups in total. The van der Waals surface area contributed by atoms with Crippen LogP contribution in [0, 0.1) is 0 Å². The first-order chi connectivity index (χ1) is 8.70. The molecular formula is C13H16N4O. The molecule has 5 nitrogen and oxygen atoms in total. The Morgan fingerprint density at radius 3 is 2.78 bits per heavy atom. The number of nitrogens with one attached hydrogen (secondary N) is 1. The van der Waals surface area contributed by atoms with Crippen molar-refractivity contribution in [3.8, 4) is 0 Å². The summed E-state index contributed by atoms with van der Waals surface area (Å²) in [6.45, 7) is 2.00. The van der Waals surface area contributed by atoms with Crippen LogP contribution in [-0.4, -0.2) is 21.9 Å². The molecule has 1 atom stereocenters. The smallest absolute Gasteiger partial charge is 0.241 e. The van der Waals surface area contributed by atoms with Crippen molar-refractivity contribution in [3.63, 3.8) is 0 Å². The van der Waals surface area contributed by atoms with E-state index in [4.69, 9.17) is 5.73 Å². The second-order valence-corrected chi connectivity index (χ2v) is 4.14. The normalized spacial score (nSPS) is 12.3. The summed E-state index contributed by atoms with van der Waals surface area (Å²) in [5.41, 5.74) is 7.99. The Labute approximate surface area is 105 Å².